The Balaban J connectivity index is 1.54. The van der Waals surface area contributed by atoms with E-state index in [0.717, 1.165) is 0 Å². The average Bonchev–Trinajstić information content (AvgIpc) is 3.60. The number of ketones is 1. The summed E-state index contributed by atoms with van der Waals surface area (Å²) >= 11 is 0. The molecule has 250 valence electrons. The number of carbonyl (C=O) groups is 1. The van der Waals surface area contributed by atoms with Crippen LogP contribution in [0, 0.1) is 5.92 Å². The number of hydrogen-bond donors (Lipinski definition) is 13. The van der Waals surface area contributed by atoms with E-state index in [9.17, 15) is 40.5 Å². The molecule has 4 fully saturated rings. The zero-order chi connectivity index (χ0) is 31.8. The summed E-state index contributed by atoms with van der Waals surface area (Å²) in [5.74, 6) is -1.43. The van der Waals surface area contributed by atoms with Crippen LogP contribution in [0.2, 0.25) is 0 Å². The van der Waals surface area contributed by atoms with Crippen molar-refractivity contribution in [2.45, 2.75) is 117 Å². The second kappa shape index (κ2) is 14.2. The van der Waals surface area contributed by atoms with Crippen LogP contribution in [0.3, 0.4) is 0 Å². The second-order valence-corrected chi connectivity index (χ2v) is 12.0. The smallest absolute Gasteiger partial charge is 0.186 e. The van der Waals surface area contributed by atoms with Gasteiger partial charge in [-0.25, -0.2) is 0 Å². The molecule has 3 unspecified atom stereocenters. The summed E-state index contributed by atoms with van der Waals surface area (Å²) in [7, 11) is 0. The summed E-state index contributed by atoms with van der Waals surface area (Å²) in [6.07, 6.45) is -15.5. The minimum atomic E-state index is -1.72. The topological polar surface area (TPSA) is 332 Å². The maximum absolute atomic E-state index is 13.0. The highest BCUT2D eigenvalue weighted by Crippen LogP contribution is 2.41. The van der Waals surface area contributed by atoms with Gasteiger partial charge in [0.25, 0.3) is 0 Å². The fourth-order valence-electron chi connectivity index (χ4n) is 6.03. The van der Waals surface area contributed by atoms with Crippen molar-refractivity contribution >= 4 is 5.78 Å². The van der Waals surface area contributed by atoms with Gasteiger partial charge >= 0.3 is 0 Å². The first-order valence-corrected chi connectivity index (χ1v) is 14.5. The van der Waals surface area contributed by atoms with Crippen LogP contribution in [0.15, 0.2) is 0 Å². The van der Waals surface area contributed by atoms with Crippen molar-refractivity contribution in [3.8, 4) is 0 Å². The first kappa shape index (κ1) is 34.9. The van der Waals surface area contributed by atoms with Crippen LogP contribution in [-0.2, 0) is 23.7 Å². The number of aliphatic hydroxyl groups excluding tert-OH is 7. The number of nitrogens with one attached hydrogen (secondary N) is 1. The SMILES string of the molecule is NC1CC1(O)C(=O)C[C@@H]1C[C@H](N)C(O[C@H]2O[C@H](CNCCO)[C@@H](O)[C@H](O)[C@H]2N)[C@H](O)[C@H]1O[C@H]1O[C@H](CO)[C@@H](O)[C@H](N)[C@H]1O. The number of carbonyl (C=O) groups excluding carboxylic acids is 1. The third-order valence-electron chi connectivity index (χ3n) is 8.95. The van der Waals surface area contributed by atoms with Crippen molar-refractivity contribution in [3.05, 3.63) is 0 Å². The highest BCUT2D eigenvalue weighted by Gasteiger charge is 2.58. The van der Waals surface area contributed by atoms with Gasteiger partial charge in [-0.15, -0.1) is 0 Å². The minimum Gasteiger partial charge on any atom is -0.395 e. The van der Waals surface area contributed by atoms with Gasteiger partial charge in [0.2, 0.25) is 0 Å². The molecule has 0 bridgehead atoms. The molecule has 0 aromatic rings. The highest BCUT2D eigenvalue weighted by atomic mass is 16.7. The lowest BCUT2D eigenvalue weighted by Crippen LogP contribution is -2.68. The molecule has 2 saturated carbocycles. The van der Waals surface area contributed by atoms with E-state index in [1.165, 1.54) is 0 Å². The Morgan fingerprint density at radius 2 is 1.47 bits per heavy atom. The Kier molecular flexibility index (Phi) is 11.5. The van der Waals surface area contributed by atoms with Crippen molar-refractivity contribution in [1.29, 1.82) is 0 Å². The van der Waals surface area contributed by atoms with Gasteiger partial charge in [-0.3, -0.25) is 4.79 Å². The Bertz CT molecular complexity index is 940. The molecule has 0 aromatic heterocycles. The van der Waals surface area contributed by atoms with E-state index in [1.807, 2.05) is 0 Å². The Morgan fingerprint density at radius 3 is 2.07 bits per heavy atom. The predicted molar refractivity (Wildman–Crippen MR) is 143 cm³/mol. The molecule has 0 amide bonds. The third kappa shape index (κ3) is 7.21. The van der Waals surface area contributed by atoms with Gasteiger partial charge in [0.05, 0.1) is 31.4 Å². The molecule has 18 nitrogen and oxygen atoms in total. The summed E-state index contributed by atoms with van der Waals surface area (Å²) in [5.41, 5.74) is 22.4. The second-order valence-electron chi connectivity index (χ2n) is 12.0. The monoisotopic (exact) mass is 625 g/mol. The van der Waals surface area contributed by atoms with Crippen molar-refractivity contribution in [1.82, 2.24) is 5.32 Å². The third-order valence-corrected chi connectivity index (χ3v) is 8.95. The number of nitrogens with two attached hydrogens (primary N) is 4. The van der Waals surface area contributed by atoms with Gasteiger partial charge in [-0.1, -0.05) is 0 Å². The minimum absolute atomic E-state index is 0.000997. The molecule has 4 rings (SSSR count). The standard InChI is InChI=1S/C25H47N5O13/c26-9-3-8(4-13(33)25(39)5-12(25)27)21(42-24-19(37)14(28)16(34)11(7-32)41-24)20(38)22(9)43-23-15(29)18(36)17(35)10(40-23)6-30-1-2-31/h8-12,14-24,30-32,34-39H,1-7,26-29H2/t8-,9-,10+,11+,12?,14-,15+,16+,17+,18+,19+,20+,21-,22?,23+,24+,25?/m0/s1. The van der Waals surface area contributed by atoms with E-state index in [4.69, 9.17) is 47.0 Å². The van der Waals surface area contributed by atoms with Gasteiger partial charge in [0.15, 0.2) is 18.4 Å². The Morgan fingerprint density at radius 1 is 0.837 bits per heavy atom. The molecule has 4 aliphatic rings. The molecule has 2 aliphatic carbocycles. The molecule has 17 N–H and O–H groups in total. The zero-order valence-electron chi connectivity index (χ0n) is 23.6. The summed E-state index contributed by atoms with van der Waals surface area (Å²) in [6.45, 7) is -0.610. The van der Waals surface area contributed by atoms with Crippen molar-refractivity contribution in [2.24, 2.45) is 28.9 Å². The van der Waals surface area contributed by atoms with Crippen LogP contribution >= 0.6 is 0 Å². The van der Waals surface area contributed by atoms with Crippen LogP contribution in [0.4, 0.5) is 0 Å². The van der Waals surface area contributed by atoms with Crippen LogP contribution in [0.25, 0.3) is 0 Å². The van der Waals surface area contributed by atoms with Crippen LogP contribution in [0.1, 0.15) is 19.3 Å². The fraction of sp³-hybridized carbons (Fsp3) is 0.960. The summed E-state index contributed by atoms with van der Waals surface area (Å²) in [6, 6.07) is -4.24. The van der Waals surface area contributed by atoms with Crippen LogP contribution < -0.4 is 28.3 Å². The number of ether oxygens (including phenoxy) is 4. The maximum atomic E-state index is 13.0. The normalized spacial score (nSPS) is 50.4. The number of hydrogen-bond acceptors (Lipinski definition) is 18. The van der Waals surface area contributed by atoms with Gasteiger partial charge in [-0.05, 0) is 12.3 Å². The predicted octanol–water partition coefficient (Wildman–Crippen LogP) is -7.99. The maximum Gasteiger partial charge on any atom is 0.186 e. The van der Waals surface area contributed by atoms with E-state index >= 15 is 0 Å². The van der Waals surface area contributed by atoms with Crippen molar-refractivity contribution < 1.29 is 64.6 Å². The molecule has 0 aromatic carbocycles. The van der Waals surface area contributed by atoms with Crippen LogP contribution in [-0.4, -0.2) is 170 Å². The van der Waals surface area contributed by atoms with Gasteiger partial charge in [0, 0.05) is 38.0 Å². The summed E-state index contributed by atoms with van der Waals surface area (Å²) < 4.78 is 23.3. The van der Waals surface area contributed by atoms with E-state index in [0.29, 0.717) is 0 Å². The molecule has 0 radical (unpaired) electrons. The molecule has 17 atom stereocenters. The highest BCUT2D eigenvalue weighted by molar-refractivity contribution is 5.91. The van der Waals surface area contributed by atoms with Gasteiger partial charge in [-0.2, -0.15) is 0 Å². The fourth-order valence-corrected chi connectivity index (χ4v) is 6.03. The zero-order valence-corrected chi connectivity index (χ0v) is 23.6. The summed E-state index contributed by atoms with van der Waals surface area (Å²) in [5, 5.41) is 85.4. The summed E-state index contributed by atoms with van der Waals surface area (Å²) in [4.78, 5) is 13.0. The quantitative estimate of drug-likeness (QED) is 0.0895. The van der Waals surface area contributed by atoms with E-state index < -0.39 is 116 Å². The number of rotatable bonds is 12. The molecule has 2 saturated heterocycles. The van der Waals surface area contributed by atoms with E-state index in [1.54, 1.807) is 0 Å². The lowest BCUT2D eigenvalue weighted by molar-refractivity contribution is -0.323. The molecule has 2 heterocycles. The van der Waals surface area contributed by atoms with Gasteiger partial charge in [0.1, 0.15) is 54.4 Å². The first-order valence-electron chi connectivity index (χ1n) is 14.5. The largest absolute Gasteiger partial charge is 0.395 e. The molecule has 2 aliphatic heterocycles. The molecule has 18 heteroatoms. The number of Topliss-reactive ketones (excluding diaryl/α,β-unsaturated/α-hetero) is 1. The van der Waals surface area contributed by atoms with Crippen LogP contribution in [0.5, 0.6) is 0 Å². The molecule has 43 heavy (non-hydrogen) atoms. The average molecular weight is 626 g/mol. The lowest BCUT2D eigenvalue weighted by Gasteiger charge is -2.49. The Hall–Kier alpha value is -1.01. The molecular formula is C25H47N5O13. The molecule has 0 spiro atoms. The lowest BCUT2D eigenvalue weighted by atomic mass is 9.76. The van der Waals surface area contributed by atoms with E-state index in [2.05, 4.69) is 5.32 Å². The van der Waals surface area contributed by atoms with Gasteiger partial charge < -0.3 is 88.1 Å². The Labute approximate surface area is 247 Å². The molecular weight excluding hydrogens is 578 g/mol. The first-order chi connectivity index (χ1) is 20.2. The van der Waals surface area contributed by atoms with Crippen molar-refractivity contribution in [2.75, 3.05) is 26.3 Å². The van der Waals surface area contributed by atoms with Crippen molar-refractivity contribution in [3.63, 3.8) is 0 Å². The van der Waals surface area contributed by atoms with E-state index in [-0.39, 0.29) is 39.0 Å². The number of aliphatic hydroxyl groups is 8.